The fourth-order valence-corrected chi connectivity index (χ4v) is 4.46. The number of ether oxygens (including phenoxy) is 2. The largest absolute Gasteiger partial charge is 0.507 e. The van der Waals surface area contributed by atoms with E-state index in [0.29, 0.717) is 25.3 Å². The predicted octanol–water partition coefficient (Wildman–Crippen LogP) is 3.67. The molecular formula is C30H31ClN2O8. The van der Waals surface area contributed by atoms with Crippen molar-refractivity contribution in [2.75, 3.05) is 20.2 Å². The van der Waals surface area contributed by atoms with E-state index in [0.717, 1.165) is 6.42 Å². The molecule has 1 aliphatic rings. The summed E-state index contributed by atoms with van der Waals surface area (Å²) in [6.07, 6.45) is 0.588. The number of benzene rings is 3. The quantitative estimate of drug-likeness (QED) is 0.230. The van der Waals surface area contributed by atoms with Crippen molar-refractivity contribution in [3.63, 3.8) is 0 Å². The van der Waals surface area contributed by atoms with Crippen LogP contribution < -0.4 is 15.4 Å². The number of phenols is 2. The molecule has 1 fully saturated rings. The Labute approximate surface area is 243 Å². The van der Waals surface area contributed by atoms with Gasteiger partial charge in [0, 0.05) is 17.7 Å². The Bertz CT molecular complexity index is 1440. The van der Waals surface area contributed by atoms with Crippen molar-refractivity contribution in [1.82, 2.24) is 10.6 Å². The highest BCUT2D eigenvalue weighted by molar-refractivity contribution is 6.11. The second-order valence-electron chi connectivity index (χ2n) is 9.45. The van der Waals surface area contributed by atoms with Crippen LogP contribution in [0.25, 0.3) is 0 Å². The standard InChI is InChI=1S/C30H30N2O8.ClH/c1-17(33)22-14-20(9-11-25(22)34)29(37)32-24-16-31-13-3-4-27(24)40-30(38)19-7-5-18(6-8-19)28(36)23-15-21(39-2)10-12-26(23)35;/h5-12,14-15,24,27,31,34-35H,3-4,13,16H2,1-2H3,(H,32,37);1H/t24-,27-;/m1./s1. The van der Waals surface area contributed by atoms with Crippen LogP contribution >= 0.6 is 12.4 Å². The van der Waals surface area contributed by atoms with Crippen LogP contribution in [-0.2, 0) is 4.74 Å². The highest BCUT2D eigenvalue weighted by atomic mass is 35.5. The van der Waals surface area contributed by atoms with E-state index >= 15 is 0 Å². The molecule has 0 radical (unpaired) electrons. The van der Waals surface area contributed by atoms with Gasteiger partial charge in [-0.15, -0.1) is 12.4 Å². The molecule has 1 aliphatic heterocycles. The first-order valence-corrected chi connectivity index (χ1v) is 12.8. The fourth-order valence-electron chi connectivity index (χ4n) is 4.46. The van der Waals surface area contributed by atoms with Gasteiger partial charge in [-0.1, -0.05) is 12.1 Å². The monoisotopic (exact) mass is 582 g/mol. The van der Waals surface area contributed by atoms with E-state index in [9.17, 15) is 29.4 Å². The molecule has 0 aliphatic carbocycles. The van der Waals surface area contributed by atoms with Gasteiger partial charge in [0.1, 0.15) is 23.4 Å². The third-order valence-corrected chi connectivity index (χ3v) is 6.70. The van der Waals surface area contributed by atoms with Gasteiger partial charge in [0.15, 0.2) is 11.6 Å². The van der Waals surface area contributed by atoms with Crippen molar-refractivity contribution in [3.8, 4) is 17.2 Å². The molecule has 0 saturated carbocycles. The number of hydrogen-bond donors (Lipinski definition) is 4. The highest BCUT2D eigenvalue weighted by Crippen LogP contribution is 2.26. The molecule has 4 rings (SSSR count). The summed E-state index contributed by atoms with van der Waals surface area (Å²) in [5.41, 5.74) is 0.794. The number of halogens is 1. The summed E-state index contributed by atoms with van der Waals surface area (Å²) in [4.78, 5) is 50.6. The van der Waals surface area contributed by atoms with Gasteiger partial charge >= 0.3 is 5.97 Å². The number of Topliss-reactive ketones (excluding diaryl/α,β-unsaturated/α-hetero) is 1. The molecule has 3 aromatic rings. The normalized spacial score (nSPS) is 16.4. The number of aromatic hydroxyl groups is 2. The maximum Gasteiger partial charge on any atom is 0.338 e. The number of ketones is 2. The van der Waals surface area contributed by atoms with Crippen LogP contribution in [0.5, 0.6) is 17.2 Å². The molecule has 4 N–H and O–H groups in total. The SMILES string of the molecule is COc1ccc(O)c(C(=O)c2ccc(C(=O)O[C@@H]3CCCNC[C@H]3NC(=O)c3ccc(O)c(C(C)=O)c3)cc2)c1.Cl. The number of esters is 1. The van der Waals surface area contributed by atoms with Crippen molar-refractivity contribution >= 4 is 35.9 Å². The number of amides is 1. The zero-order valence-corrected chi connectivity index (χ0v) is 23.3. The topological polar surface area (TPSA) is 151 Å². The number of methoxy groups -OCH3 is 1. The highest BCUT2D eigenvalue weighted by Gasteiger charge is 2.29. The molecule has 216 valence electrons. The van der Waals surface area contributed by atoms with Gasteiger partial charge in [-0.2, -0.15) is 0 Å². The van der Waals surface area contributed by atoms with Gasteiger partial charge in [0.2, 0.25) is 0 Å². The molecule has 10 nitrogen and oxygen atoms in total. The lowest BCUT2D eigenvalue weighted by Gasteiger charge is -2.26. The average molecular weight is 583 g/mol. The van der Waals surface area contributed by atoms with Crippen molar-refractivity contribution in [2.24, 2.45) is 0 Å². The van der Waals surface area contributed by atoms with E-state index in [1.807, 2.05) is 0 Å². The van der Waals surface area contributed by atoms with Crippen LogP contribution in [0.1, 0.15) is 66.8 Å². The van der Waals surface area contributed by atoms with E-state index in [-0.39, 0.29) is 57.5 Å². The minimum Gasteiger partial charge on any atom is -0.507 e. The Morgan fingerprint density at radius 3 is 2.20 bits per heavy atom. The van der Waals surface area contributed by atoms with Crippen molar-refractivity contribution in [3.05, 3.63) is 88.5 Å². The second kappa shape index (κ2) is 13.8. The summed E-state index contributed by atoms with van der Waals surface area (Å²) in [5, 5.41) is 26.1. The van der Waals surface area contributed by atoms with Crippen LogP contribution in [-0.4, -0.2) is 66.0 Å². The number of rotatable bonds is 8. The Morgan fingerprint density at radius 2 is 1.51 bits per heavy atom. The third-order valence-electron chi connectivity index (χ3n) is 6.70. The molecule has 0 aromatic heterocycles. The smallest absolute Gasteiger partial charge is 0.338 e. The molecule has 11 heteroatoms. The van der Waals surface area contributed by atoms with Crippen LogP contribution in [0.2, 0.25) is 0 Å². The number of carbonyl (C=O) groups is 4. The molecule has 2 atom stereocenters. The van der Waals surface area contributed by atoms with E-state index < -0.39 is 29.8 Å². The maximum atomic E-state index is 13.0. The molecule has 0 spiro atoms. The van der Waals surface area contributed by atoms with Gasteiger partial charge in [-0.25, -0.2) is 4.79 Å². The summed E-state index contributed by atoms with van der Waals surface area (Å²) in [7, 11) is 1.46. The lowest BCUT2D eigenvalue weighted by molar-refractivity contribution is 0.0192. The van der Waals surface area contributed by atoms with Crippen LogP contribution in [0.3, 0.4) is 0 Å². The summed E-state index contributed by atoms with van der Waals surface area (Å²) >= 11 is 0. The summed E-state index contributed by atoms with van der Waals surface area (Å²) in [6, 6.07) is 13.7. The lowest BCUT2D eigenvalue weighted by atomic mass is 10.0. The molecule has 41 heavy (non-hydrogen) atoms. The number of nitrogens with one attached hydrogen (secondary N) is 2. The van der Waals surface area contributed by atoms with Crippen molar-refractivity contribution in [1.29, 1.82) is 0 Å². The Hall–Kier alpha value is -4.41. The average Bonchev–Trinajstić information content (AvgIpc) is 3.17. The zero-order valence-electron chi connectivity index (χ0n) is 22.5. The predicted molar refractivity (Wildman–Crippen MR) is 152 cm³/mol. The Morgan fingerprint density at radius 1 is 0.878 bits per heavy atom. The van der Waals surface area contributed by atoms with Crippen LogP contribution in [0.4, 0.5) is 0 Å². The Balaban J connectivity index is 0.00000462. The maximum absolute atomic E-state index is 13.0. The molecular weight excluding hydrogens is 552 g/mol. The zero-order chi connectivity index (χ0) is 28.8. The van der Waals surface area contributed by atoms with Crippen LogP contribution in [0.15, 0.2) is 60.7 Å². The van der Waals surface area contributed by atoms with E-state index in [1.54, 1.807) is 0 Å². The molecule has 1 heterocycles. The van der Waals surface area contributed by atoms with Gasteiger partial charge in [-0.05, 0) is 74.8 Å². The summed E-state index contributed by atoms with van der Waals surface area (Å²) in [6.45, 7) is 2.34. The first-order valence-electron chi connectivity index (χ1n) is 12.8. The molecule has 1 saturated heterocycles. The molecule has 0 unspecified atom stereocenters. The van der Waals surface area contributed by atoms with Gasteiger partial charge < -0.3 is 30.3 Å². The summed E-state index contributed by atoms with van der Waals surface area (Å²) in [5.74, 6) is -1.86. The van der Waals surface area contributed by atoms with E-state index in [1.165, 1.54) is 74.7 Å². The molecule has 3 aromatic carbocycles. The third kappa shape index (κ3) is 7.41. The fraction of sp³-hybridized carbons (Fsp3) is 0.267. The van der Waals surface area contributed by atoms with Gasteiger partial charge in [-0.3, -0.25) is 14.4 Å². The minimum absolute atomic E-state index is 0. The second-order valence-corrected chi connectivity index (χ2v) is 9.45. The molecule has 1 amide bonds. The first-order chi connectivity index (χ1) is 19.2. The minimum atomic E-state index is -0.633. The number of carbonyl (C=O) groups excluding carboxylic acids is 4. The number of phenolic OH excluding ortho intramolecular Hbond substituents is 2. The van der Waals surface area contributed by atoms with E-state index in [2.05, 4.69) is 10.6 Å². The van der Waals surface area contributed by atoms with Gasteiger partial charge in [0.25, 0.3) is 5.91 Å². The van der Waals surface area contributed by atoms with Crippen LogP contribution in [0, 0.1) is 0 Å². The summed E-state index contributed by atoms with van der Waals surface area (Å²) < 4.78 is 10.9. The van der Waals surface area contributed by atoms with Crippen molar-refractivity contribution < 1.29 is 38.9 Å². The first kappa shape index (κ1) is 31.1. The van der Waals surface area contributed by atoms with Crippen molar-refractivity contribution in [2.45, 2.75) is 31.9 Å². The Kier molecular flexibility index (Phi) is 10.5. The van der Waals surface area contributed by atoms with E-state index in [4.69, 9.17) is 9.47 Å². The van der Waals surface area contributed by atoms with Gasteiger partial charge in [0.05, 0.1) is 29.8 Å². The molecule has 0 bridgehead atoms. The number of hydrogen-bond acceptors (Lipinski definition) is 9. The lowest BCUT2D eigenvalue weighted by Crippen LogP contribution is -2.49.